The molecule has 3 aromatic rings. The van der Waals surface area contributed by atoms with E-state index in [0.29, 0.717) is 27.5 Å². The first kappa shape index (κ1) is 19.3. The third kappa shape index (κ3) is 4.64. The minimum absolute atomic E-state index is 0.175. The Morgan fingerprint density at radius 3 is 1.82 bits per heavy atom. The van der Waals surface area contributed by atoms with Gasteiger partial charge < -0.3 is 10.6 Å². The van der Waals surface area contributed by atoms with Crippen LogP contribution in [0.3, 0.4) is 0 Å². The fourth-order valence-electron chi connectivity index (χ4n) is 2.67. The Hall–Kier alpha value is -3.44. The number of halogens is 1. The summed E-state index contributed by atoms with van der Waals surface area (Å²) in [6.07, 6.45) is 0. The van der Waals surface area contributed by atoms with Gasteiger partial charge in [-0.2, -0.15) is 0 Å². The van der Waals surface area contributed by atoms with E-state index in [1.54, 1.807) is 72.8 Å². The number of carbonyl (C=O) groups is 3. The molecular weight excluding hydrogens is 376 g/mol. The summed E-state index contributed by atoms with van der Waals surface area (Å²) >= 11 is 5.87. The summed E-state index contributed by atoms with van der Waals surface area (Å²) in [5, 5.41) is 5.96. The maximum absolute atomic E-state index is 12.8. The Morgan fingerprint density at radius 1 is 0.714 bits per heavy atom. The van der Waals surface area contributed by atoms with E-state index in [-0.39, 0.29) is 17.3 Å². The number of hydrogen-bond acceptors (Lipinski definition) is 3. The van der Waals surface area contributed by atoms with E-state index in [2.05, 4.69) is 10.6 Å². The minimum Gasteiger partial charge on any atom is -0.326 e. The van der Waals surface area contributed by atoms with Crippen LogP contribution in [-0.4, -0.2) is 17.6 Å². The Bertz CT molecular complexity index is 1030. The zero-order valence-corrected chi connectivity index (χ0v) is 15.8. The molecule has 0 aromatic heterocycles. The normalized spacial score (nSPS) is 10.2. The van der Waals surface area contributed by atoms with Crippen molar-refractivity contribution < 1.29 is 14.4 Å². The number of anilines is 2. The van der Waals surface area contributed by atoms with E-state index in [0.717, 1.165) is 0 Å². The largest absolute Gasteiger partial charge is 0.326 e. The third-order valence-corrected chi connectivity index (χ3v) is 4.24. The fourth-order valence-corrected chi connectivity index (χ4v) is 2.80. The van der Waals surface area contributed by atoms with E-state index in [1.807, 2.05) is 0 Å². The second-order valence-electron chi connectivity index (χ2n) is 6.09. The number of rotatable bonds is 5. The maximum Gasteiger partial charge on any atom is 0.256 e. The molecule has 0 radical (unpaired) electrons. The van der Waals surface area contributed by atoms with Crippen LogP contribution in [0.15, 0.2) is 72.8 Å². The van der Waals surface area contributed by atoms with Gasteiger partial charge in [0, 0.05) is 34.4 Å². The number of benzene rings is 3. The van der Waals surface area contributed by atoms with Gasteiger partial charge in [-0.1, -0.05) is 29.8 Å². The van der Waals surface area contributed by atoms with Crippen LogP contribution in [0.5, 0.6) is 0 Å². The van der Waals surface area contributed by atoms with Crippen molar-refractivity contribution >= 4 is 40.6 Å². The smallest absolute Gasteiger partial charge is 0.256 e. The fraction of sp³-hybridized carbons (Fsp3) is 0.0455. The summed E-state index contributed by atoms with van der Waals surface area (Å²) in [7, 11) is 0. The molecule has 2 amide bonds. The SMILES string of the molecule is CC(=O)Nc1ccc(NC(=O)c2ccccc2C(=O)c2ccc(Cl)cc2)cc1. The van der Waals surface area contributed by atoms with Crippen molar-refractivity contribution in [3.8, 4) is 0 Å². The van der Waals surface area contributed by atoms with Crippen molar-refractivity contribution in [1.29, 1.82) is 0 Å². The van der Waals surface area contributed by atoms with Crippen molar-refractivity contribution in [2.75, 3.05) is 10.6 Å². The molecule has 0 aliphatic heterocycles. The van der Waals surface area contributed by atoms with E-state index >= 15 is 0 Å². The lowest BCUT2D eigenvalue weighted by molar-refractivity contribution is -0.114. The van der Waals surface area contributed by atoms with Crippen LogP contribution in [0.25, 0.3) is 0 Å². The van der Waals surface area contributed by atoms with Crippen molar-refractivity contribution in [2.24, 2.45) is 0 Å². The number of amides is 2. The quantitative estimate of drug-likeness (QED) is 0.613. The van der Waals surface area contributed by atoms with Gasteiger partial charge in [0.1, 0.15) is 0 Å². The highest BCUT2D eigenvalue weighted by molar-refractivity contribution is 6.30. The molecular formula is C22H17ClN2O3. The van der Waals surface area contributed by atoms with Gasteiger partial charge in [0.2, 0.25) is 5.91 Å². The monoisotopic (exact) mass is 392 g/mol. The van der Waals surface area contributed by atoms with Crippen LogP contribution in [0.4, 0.5) is 11.4 Å². The predicted molar refractivity (Wildman–Crippen MR) is 110 cm³/mol. The van der Waals surface area contributed by atoms with E-state index < -0.39 is 5.91 Å². The Kier molecular flexibility index (Phi) is 5.87. The molecule has 0 heterocycles. The van der Waals surface area contributed by atoms with Gasteiger partial charge in [0.05, 0.1) is 5.56 Å². The van der Waals surface area contributed by atoms with Crippen LogP contribution in [0, 0.1) is 0 Å². The Morgan fingerprint density at radius 2 is 1.25 bits per heavy atom. The van der Waals surface area contributed by atoms with Gasteiger partial charge in [0.15, 0.2) is 5.78 Å². The van der Waals surface area contributed by atoms with Gasteiger partial charge in [-0.3, -0.25) is 14.4 Å². The summed E-state index contributed by atoms with van der Waals surface area (Å²) in [6.45, 7) is 1.42. The third-order valence-electron chi connectivity index (χ3n) is 3.99. The predicted octanol–water partition coefficient (Wildman–Crippen LogP) is 4.78. The highest BCUT2D eigenvalue weighted by Crippen LogP contribution is 2.19. The first-order valence-electron chi connectivity index (χ1n) is 8.52. The first-order chi connectivity index (χ1) is 13.4. The minimum atomic E-state index is -0.398. The lowest BCUT2D eigenvalue weighted by Crippen LogP contribution is -2.17. The number of hydrogen-bond donors (Lipinski definition) is 2. The lowest BCUT2D eigenvalue weighted by atomic mass is 9.98. The Labute approximate surface area is 167 Å². The summed E-state index contributed by atoms with van der Waals surface area (Å²) < 4.78 is 0. The van der Waals surface area contributed by atoms with Crippen LogP contribution in [0.2, 0.25) is 5.02 Å². The summed E-state index contributed by atoms with van der Waals surface area (Å²) in [6, 6.07) is 19.9. The van der Waals surface area contributed by atoms with Crippen molar-refractivity contribution in [3.63, 3.8) is 0 Å². The molecule has 3 rings (SSSR count). The van der Waals surface area contributed by atoms with E-state index in [9.17, 15) is 14.4 Å². The van der Waals surface area contributed by atoms with Gasteiger partial charge >= 0.3 is 0 Å². The number of nitrogens with one attached hydrogen (secondary N) is 2. The molecule has 0 aliphatic carbocycles. The van der Waals surface area contributed by atoms with Gasteiger partial charge in [-0.15, -0.1) is 0 Å². The topological polar surface area (TPSA) is 75.3 Å². The van der Waals surface area contributed by atoms with Gasteiger partial charge in [0.25, 0.3) is 5.91 Å². The molecule has 0 unspecified atom stereocenters. The van der Waals surface area contributed by atoms with Gasteiger partial charge in [-0.25, -0.2) is 0 Å². The highest BCUT2D eigenvalue weighted by atomic mass is 35.5. The van der Waals surface area contributed by atoms with Crippen molar-refractivity contribution in [1.82, 2.24) is 0 Å². The maximum atomic E-state index is 12.8. The zero-order valence-electron chi connectivity index (χ0n) is 15.0. The molecule has 2 N–H and O–H groups in total. The van der Waals surface area contributed by atoms with Crippen LogP contribution >= 0.6 is 11.6 Å². The van der Waals surface area contributed by atoms with E-state index in [1.165, 1.54) is 6.92 Å². The van der Waals surface area contributed by atoms with Crippen molar-refractivity contribution in [3.05, 3.63) is 94.5 Å². The standard InChI is InChI=1S/C22H17ClN2O3/c1-14(26)24-17-10-12-18(13-11-17)25-22(28)20-5-3-2-4-19(20)21(27)15-6-8-16(23)9-7-15/h2-13H,1H3,(H,24,26)(H,25,28). The molecule has 5 nitrogen and oxygen atoms in total. The van der Waals surface area contributed by atoms with Crippen molar-refractivity contribution in [2.45, 2.75) is 6.92 Å². The summed E-state index contributed by atoms with van der Waals surface area (Å²) in [4.78, 5) is 36.6. The first-order valence-corrected chi connectivity index (χ1v) is 8.90. The Balaban J connectivity index is 1.82. The molecule has 0 saturated carbocycles. The molecule has 0 aliphatic rings. The molecule has 0 fully saturated rings. The second-order valence-corrected chi connectivity index (χ2v) is 6.53. The molecule has 0 saturated heterocycles. The number of carbonyl (C=O) groups excluding carboxylic acids is 3. The number of ketones is 1. The average Bonchev–Trinajstić information content (AvgIpc) is 2.69. The zero-order chi connectivity index (χ0) is 20.1. The van der Waals surface area contributed by atoms with Gasteiger partial charge in [-0.05, 0) is 54.6 Å². The van der Waals surface area contributed by atoms with Crippen LogP contribution < -0.4 is 10.6 Å². The molecule has 6 heteroatoms. The molecule has 0 bridgehead atoms. The molecule has 0 spiro atoms. The van der Waals surface area contributed by atoms with E-state index in [4.69, 9.17) is 11.6 Å². The summed E-state index contributed by atoms with van der Waals surface area (Å²) in [5.41, 5.74) is 2.20. The highest BCUT2D eigenvalue weighted by Gasteiger charge is 2.18. The molecule has 28 heavy (non-hydrogen) atoms. The second kappa shape index (κ2) is 8.50. The molecule has 0 atom stereocenters. The lowest BCUT2D eigenvalue weighted by Gasteiger charge is -2.10. The summed E-state index contributed by atoms with van der Waals surface area (Å²) in [5.74, 6) is -0.833. The average molecular weight is 393 g/mol. The molecule has 3 aromatic carbocycles. The van der Waals surface area contributed by atoms with Crippen LogP contribution in [-0.2, 0) is 4.79 Å². The van der Waals surface area contributed by atoms with Crippen LogP contribution in [0.1, 0.15) is 33.2 Å². The molecule has 140 valence electrons.